The van der Waals surface area contributed by atoms with Crippen molar-refractivity contribution in [2.45, 2.75) is 6.10 Å². The molecule has 0 spiro atoms. The fraction of sp³-hybridized carbons (Fsp3) is 0.308. The van der Waals surface area contributed by atoms with Crippen LogP contribution in [0.5, 0.6) is 11.5 Å². The third-order valence-corrected chi connectivity index (χ3v) is 2.98. The molecule has 1 N–H and O–H groups in total. The van der Waals surface area contributed by atoms with Crippen LogP contribution in [0.1, 0.15) is 17.5 Å². The van der Waals surface area contributed by atoms with Gasteiger partial charge in [-0.1, -0.05) is 6.07 Å². The van der Waals surface area contributed by atoms with Crippen LogP contribution in [0, 0.1) is 0 Å². The lowest BCUT2D eigenvalue weighted by molar-refractivity contribution is 0.169. The number of aliphatic hydroxyl groups is 1. The van der Waals surface area contributed by atoms with Crippen molar-refractivity contribution in [3.05, 3.63) is 42.0 Å². The van der Waals surface area contributed by atoms with Gasteiger partial charge in [0, 0.05) is 19.4 Å². The molecule has 1 aromatic heterocycles. The van der Waals surface area contributed by atoms with Gasteiger partial charge in [-0.2, -0.15) is 0 Å². The van der Waals surface area contributed by atoms with E-state index in [1.54, 1.807) is 23.0 Å². The Bertz CT molecular complexity index is 565. The summed E-state index contributed by atoms with van der Waals surface area (Å²) < 4.78 is 12.7. The van der Waals surface area contributed by atoms with Crippen LogP contribution in [0.15, 0.2) is 30.6 Å². The first-order chi connectivity index (χ1) is 8.75. The summed E-state index contributed by atoms with van der Waals surface area (Å²) in [6, 6.07) is 5.44. The van der Waals surface area contributed by atoms with Gasteiger partial charge in [0.2, 0.25) is 0 Å². The predicted molar refractivity (Wildman–Crippen MR) is 64.7 cm³/mol. The van der Waals surface area contributed by atoms with Crippen molar-refractivity contribution in [2.24, 2.45) is 7.05 Å². The monoisotopic (exact) mass is 246 g/mol. The molecule has 0 saturated carbocycles. The molecule has 18 heavy (non-hydrogen) atoms. The molecule has 1 aromatic carbocycles. The van der Waals surface area contributed by atoms with Crippen LogP contribution >= 0.6 is 0 Å². The highest BCUT2D eigenvalue weighted by molar-refractivity contribution is 5.45. The Morgan fingerprint density at radius 2 is 2.06 bits per heavy atom. The first-order valence-electron chi connectivity index (χ1n) is 5.80. The molecule has 1 atom stereocenters. The first-order valence-corrected chi connectivity index (χ1v) is 5.80. The Kier molecular flexibility index (Phi) is 2.68. The van der Waals surface area contributed by atoms with Crippen molar-refractivity contribution < 1.29 is 14.6 Å². The number of hydrogen-bond donors (Lipinski definition) is 1. The van der Waals surface area contributed by atoms with Gasteiger partial charge < -0.3 is 19.1 Å². The van der Waals surface area contributed by atoms with E-state index in [-0.39, 0.29) is 0 Å². The highest BCUT2D eigenvalue weighted by atomic mass is 16.6. The average molecular weight is 246 g/mol. The van der Waals surface area contributed by atoms with Gasteiger partial charge in [0.05, 0.1) is 0 Å². The quantitative estimate of drug-likeness (QED) is 0.867. The van der Waals surface area contributed by atoms with Crippen molar-refractivity contribution in [1.82, 2.24) is 9.55 Å². The van der Waals surface area contributed by atoms with Gasteiger partial charge in [-0.3, -0.25) is 0 Å². The molecule has 3 rings (SSSR count). The van der Waals surface area contributed by atoms with E-state index in [2.05, 4.69) is 4.98 Å². The summed E-state index contributed by atoms with van der Waals surface area (Å²) in [5.41, 5.74) is 0.744. The summed E-state index contributed by atoms with van der Waals surface area (Å²) in [6.07, 6.45) is 2.70. The Labute approximate surface area is 105 Å². The summed E-state index contributed by atoms with van der Waals surface area (Å²) in [5.74, 6) is 2.00. The summed E-state index contributed by atoms with van der Waals surface area (Å²) in [5, 5.41) is 10.3. The Morgan fingerprint density at radius 3 is 2.78 bits per heavy atom. The molecule has 1 aliphatic heterocycles. The van der Waals surface area contributed by atoms with Crippen molar-refractivity contribution in [2.75, 3.05) is 13.2 Å². The summed E-state index contributed by atoms with van der Waals surface area (Å²) in [6.45, 7) is 1.10. The second kappa shape index (κ2) is 4.34. The van der Waals surface area contributed by atoms with Gasteiger partial charge >= 0.3 is 0 Å². The van der Waals surface area contributed by atoms with Crippen LogP contribution in [-0.4, -0.2) is 27.9 Å². The predicted octanol–water partition coefficient (Wildman–Crippen LogP) is 1.27. The van der Waals surface area contributed by atoms with Crippen LogP contribution < -0.4 is 9.47 Å². The topological polar surface area (TPSA) is 56.5 Å². The second-order valence-electron chi connectivity index (χ2n) is 4.20. The van der Waals surface area contributed by atoms with E-state index in [0.29, 0.717) is 24.8 Å². The maximum atomic E-state index is 10.3. The Hall–Kier alpha value is -2.01. The van der Waals surface area contributed by atoms with E-state index in [1.807, 2.05) is 19.2 Å². The minimum absolute atomic E-state index is 0.537. The number of fused-ring (bicyclic) bond motifs is 1. The number of nitrogens with zero attached hydrogens (tertiary/aromatic N) is 2. The molecule has 0 fully saturated rings. The highest BCUT2D eigenvalue weighted by Gasteiger charge is 2.18. The molecular formula is C13H14N2O3. The van der Waals surface area contributed by atoms with Gasteiger partial charge in [-0.15, -0.1) is 0 Å². The maximum Gasteiger partial charge on any atom is 0.161 e. The van der Waals surface area contributed by atoms with Gasteiger partial charge in [0.15, 0.2) is 11.5 Å². The third kappa shape index (κ3) is 1.82. The lowest BCUT2D eigenvalue weighted by Crippen LogP contribution is -2.16. The van der Waals surface area contributed by atoms with Crippen molar-refractivity contribution in [1.29, 1.82) is 0 Å². The molecule has 2 heterocycles. The van der Waals surface area contributed by atoms with E-state index in [4.69, 9.17) is 9.47 Å². The second-order valence-corrected chi connectivity index (χ2v) is 4.20. The number of benzene rings is 1. The van der Waals surface area contributed by atoms with Crippen molar-refractivity contribution in [3.63, 3.8) is 0 Å². The number of hydrogen-bond acceptors (Lipinski definition) is 4. The normalized spacial score (nSPS) is 15.4. The zero-order valence-corrected chi connectivity index (χ0v) is 10.0. The number of aryl methyl sites for hydroxylation is 1. The number of rotatable bonds is 2. The van der Waals surface area contributed by atoms with Crippen LogP contribution in [0.4, 0.5) is 0 Å². The molecule has 0 amide bonds. The average Bonchev–Trinajstić information content (AvgIpc) is 2.83. The van der Waals surface area contributed by atoms with Crippen LogP contribution in [0.25, 0.3) is 0 Å². The van der Waals surface area contributed by atoms with Crippen LogP contribution in [0.2, 0.25) is 0 Å². The zero-order chi connectivity index (χ0) is 12.5. The van der Waals surface area contributed by atoms with Gasteiger partial charge in [0.1, 0.15) is 25.1 Å². The van der Waals surface area contributed by atoms with Gasteiger partial charge in [-0.05, 0) is 17.7 Å². The molecule has 2 aromatic rings. The van der Waals surface area contributed by atoms with Gasteiger partial charge in [-0.25, -0.2) is 4.98 Å². The molecule has 94 valence electrons. The largest absolute Gasteiger partial charge is 0.486 e. The SMILES string of the molecule is Cn1ccnc1C(O)c1ccc2c(c1)OCCO2. The number of ether oxygens (including phenoxy) is 2. The summed E-state index contributed by atoms with van der Waals surface area (Å²) in [4.78, 5) is 4.15. The van der Waals surface area contributed by atoms with Crippen molar-refractivity contribution >= 4 is 0 Å². The standard InChI is InChI=1S/C13H14N2O3/c1-15-5-4-14-13(15)12(16)9-2-3-10-11(8-9)18-7-6-17-10/h2-5,8,12,16H,6-7H2,1H3. The maximum absolute atomic E-state index is 10.3. The van der Waals surface area contributed by atoms with E-state index in [0.717, 1.165) is 11.3 Å². The fourth-order valence-corrected chi connectivity index (χ4v) is 2.02. The molecule has 0 bridgehead atoms. The molecule has 1 unspecified atom stereocenters. The smallest absolute Gasteiger partial charge is 0.161 e. The highest BCUT2D eigenvalue weighted by Crippen LogP contribution is 2.33. The van der Waals surface area contributed by atoms with Gasteiger partial charge in [0.25, 0.3) is 0 Å². The minimum atomic E-state index is -0.763. The van der Waals surface area contributed by atoms with E-state index >= 15 is 0 Å². The van der Waals surface area contributed by atoms with Crippen LogP contribution in [0.3, 0.4) is 0 Å². The Morgan fingerprint density at radius 1 is 1.28 bits per heavy atom. The number of aromatic nitrogens is 2. The third-order valence-electron chi connectivity index (χ3n) is 2.98. The molecule has 0 radical (unpaired) electrons. The van der Waals surface area contributed by atoms with E-state index in [1.165, 1.54) is 0 Å². The lowest BCUT2D eigenvalue weighted by Gasteiger charge is -2.20. The minimum Gasteiger partial charge on any atom is -0.486 e. The fourth-order valence-electron chi connectivity index (χ4n) is 2.02. The summed E-state index contributed by atoms with van der Waals surface area (Å²) >= 11 is 0. The summed E-state index contributed by atoms with van der Waals surface area (Å²) in [7, 11) is 1.85. The molecule has 0 saturated heterocycles. The number of aliphatic hydroxyl groups excluding tert-OH is 1. The molecule has 5 heteroatoms. The molecular weight excluding hydrogens is 232 g/mol. The van der Waals surface area contributed by atoms with Crippen LogP contribution in [-0.2, 0) is 7.05 Å². The lowest BCUT2D eigenvalue weighted by atomic mass is 10.1. The molecule has 0 aliphatic carbocycles. The van der Waals surface area contributed by atoms with Crippen molar-refractivity contribution in [3.8, 4) is 11.5 Å². The van der Waals surface area contributed by atoms with E-state index < -0.39 is 6.10 Å². The number of imidazole rings is 1. The Balaban J connectivity index is 1.95. The molecule has 1 aliphatic rings. The first kappa shape index (κ1) is 11.1. The molecule has 5 nitrogen and oxygen atoms in total. The van der Waals surface area contributed by atoms with E-state index in [9.17, 15) is 5.11 Å². The zero-order valence-electron chi connectivity index (χ0n) is 10.0.